The lowest BCUT2D eigenvalue weighted by Gasteiger charge is -2.25. The van der Waals surface area contributed by atoms with E-state index in [-0.39, 0.29) is 18.8 Å². The van der Waals surface area contributed by atoms with Crippen molar-refractivity contribution in [2.75, 3.05) is 18.5 Å². The Bertz CT molecular complexity index is 886. The average Bonchev–Trinajstić information content (AvgIpc) is 2.68. The van der Waals surface area contributed by atoms with E-state index in [0.29, 0.717) is 23.4 Å². The van der Waals surface area contributed by atoms with Crippen LogP contribution in [0.1, 0.15) is 12.0 Å². The Hall–Kier alpha value is -3.42. The van der Waals surface area contributed by atoms with Crippen LogP contribution in [-0.2, 0) is 25.5 Å². The summed E-state index contributed by atoms with van der Waals surface area (Å²) in [6, 6.07) is 13.1. The zero-order valence-corrected chi connectivity index (χ0v) is 14.9. The summed E-state index contributed by atoms with van der Waals surface area (Å²) in [6.45, 7) is -0.275. The summed E-state index contributed by atoms with van der Waals surface area (Å²) in [5, 5.41) is 5.19. The highest BCUT2D eigenvalue weighted by molar-refractivity contribution is 5.99. The number of hydrogen-bond donors (Lipinski definition) is 2. The monoisotopic (exact) mass is 386 g/mol. The fourth-order valence-corrected chi connectivity index (χ4v) is 2.67. The molecule has 1 aliphatic rings. The second-order valence-corrected chi connectivity index (χ2v) is 6.15. The first-order chi connectivity index (χ1) is 13.5. The Morgan fingerprint density at radius 2 is 1.89 bits per heavy atom. The van der Waals surface area contributed by atoms with Crippen LogP contribution in [0.5, 0.6) is 5.75 Å². The van der Waals surface area contributed by atoms with Crippen molar-refractivity contribution in [1.29, 1.82) is 0 Å². The third-order valence-electron chi connectivity index (χ3n) is 4.10. The molecule has 8 heteroatoms. The minimum absolute atomic E-state index is 0.211. The molecule has 2 amide bonds. The first-order valence-corrected chi connectivity index (χ1v) is 8.75. The molecule has 0 bridgehead atoms. The smallest absolute Gasteiger partial charge is 0.310 e. The van der Waals surface area contributed by atoms with Crippen molar-refractivity contribution in [3.63, 3.8) is 0 Å². The van der Waals surface area contributed by atoms with Crippen molar-refractivity contribution < 1.29 is 28.2 Å². The number of benzene rings is 2. The molecule has 0 aliphatic carbocycles. The van der Waals surface area contributed by atoms with Gasteiger partial charge in [-0.2, -0.15) is 0 Å². The minimum Gasteiger partial charge on any atom is -0.478 e. The molecule has 2 N–H and O–H groups in total. The molecule has 1 atom stereocenters. The standard InChI is InChI=1S/C20H19FN2O5/c21-14-6-2-1-5-13(14)9-10-22-18(24)12-27-19(25)11-17-20(26)23-15-7-3-4-8-16(15)28-17/h1-8,17H,9-12H2,(H,22,24)(H,23,26)/t17-/m0/s1. The van der Waals surface area contributed by atoms with E-state index in [9.17, 15) is 18.8 Å². The van der Waals surface area contributed by atoms with Gasteiger partial charge in [0.25, 0.3) is 11.8 Å². The van der Waals surface area contributed by atoms with Crippen LogP contribution in [0.15, 0.2) is 48.5 Å². The number of amides is 2. The second kappa shape index (κ2) is 8.98. The molecule has 1 heterocycles. The van der Waals surface area contributed by atoms with Crippen LogP contribution in [0.4, 0.5) is 10.1 Å². The quantitative estimate of drug-likeness (QED) is 0.708. The number of halogens is 1. The molecule has 0 spiro atoms. The molecule has 7 nitrogen and oxygen atoms in total. The van der Waals surface area contributed by atoms with Crippen LogP contribution in [0.3, 0.4) is 0 Å². The van der Waals surface area contributed by atoms with E-state index in [1.54, 1.807) is 42.5 Å². The molecular formula is C20H19FN2O5. The van der Waals surface area contributed by atoms with Gasteiger partial charge in [0.15, 0.2) is 12.7 Å². The highest BCUT2D eigenvalue weighted by Gasteiger charge is 2.30. The maximum Gasteiger partial charge on any atom is 0.310 e. The van der Waals surface area contributed by atoms with Crippen LogP contribution in [0.2, 0.25) is 0 Å². The maximum absolute atomic E-state index is 13.5. The molecule has 3 rings (SSSR count). The first-order valence-electron chi connectivity index (χ1n) is 8.75. The van der Waals surface area contributed by atoms with Gasteiger partial charge in [0.1, 0.15) is 11.6 Å². The van der Waals surface area contributed by atoms with Crippen LogP contribution >= 0.6 is 0 Å². The van der Waals surface area contributed by atoms with Gasteiger partial charge in [0.05, 0.1) is 12.1 Å². The molecule has 0 saturated carbocycles. The van der Waals surface area contributed by atoms with E-state index in [0.717, 1.165) is 0 Å². The summed E-state index contributed by atoms with van der Waals surface area (Å²) < 4.78 is 23.9. The Balaban J connectivity index is 1.39. The fraction of sp³-hybridized carbons (Fsp3) is 0.250. The predicted molar refractivity (Wildman–Crippen MR) is 98.2 cm³/mol. The highest BCUT2D eigenvalue weighted by atomic mass is 19.1. The Labute approximate surface area is 160 Å². The summed E-state index contributed by atoms with van der Waals surface area (Å²) in [5.41, 5.74) is 1.02. The molecular weight excluding hydrogens is 367 g/mol. The number of carbonyl (C=O) groups excluding carboxylic acids is 3. The summed E-state index contributed by atoms with van der Waals surface area (Å²) >= 11 is 0. The summed E-state index contributed by atoms with van der Waals surface area (Å²) in [5.74, 6) is -1.57. The lowest BCUT2D eigenvalue weighted by atomic mass is 10.1. The number of ether oxygens (including phenoxy) is 2. The topological polar surface area (TPSA) is 93.7 Å². The number of anilines is 1. The van der Waals surface area contributed by atoms with Crippen LogP contribution in [0, 0.1) is 5.82 Å². The third kappa shape index (κ3) is 5.06. The van der Waals surface area contributed by atoms with Gasteiger partial charge in [-0.3, -0.25) is 14.4 Å². The zero-order chi connectivity index (χ0) is 19.9. The molecule has 28 heavy (non-hydrogen) atoms. The van der Waals surface area contributed by atoms with Gasteiger partial charge in [0, 0.05) is 6.54 Å². The van der Waals surface area contributed by atoms with Gasteiger partial charge in [-0.05, 0) is 30.2 Å². The number of esters is 1. The first kappa shape index (κ1) is 19.3. The average molecular weight is 386 g/mol. The maximum atomic E-state index is 13.5. The largest absolute Gasteiger partial charge is 0.478 e. The second-order valence-electron chi connectivity index (χ2n) is 6.15. The molecule has 2 aromatic rings. The van der Waals surface area contributed by atoms with Gasteiger partial charge in [-0.1, -0.05) is 30.3 Å². The Morgan fingerprint density at radius 3 is 2.71 bits per heavy atom. The van der Waals surface area contributed by atoms with E-state index in [1.807, 2.05) is 0 Å². The number of fused-ring (bicyclic) bond motifs is 1. The lowest BCUT2D eigenvalue weighted by molar-refractivity contribution is -0.151. The molecule has 0 fully saturated rings. The molecule has 146 valence electrons. The fourth-order valence-electron chi connectivity index (χ4n) is 2.67. The highest BCUT2D eigenvalue weighted by Crippen LogP contribution is 2.29. The normalized spacial score (nSPS) is 15.0. The number of hydrogen-bond acceptors (Lipinski definition) is 5. The van der Waals surface area contributed by atoms with Gasteiger partial charge < -0.3 is 20.1 Å². The van der Waals surface area contributed by atoms with Crippen molar-refractivity contribution in [1.82, 2.24) is 5.32 Å². The Kier molecular flexibility index (Phi) is 6.21. The number of rotatable bonds is 7. The number of carbonyl (C=O) groups is 3. The zero-order valence-electron chi connectivity index (χ0n) is 14.9. The van der Waals surface area contributed by atoms with Crippen molar-refractivity contribution >= 4 is 23.5 Å². The molecule has 2 aromatic carbocycles. The summed E-state index contributed by atoms with van der Waals surface area (Å²) in [4.78, 5) is 35.6. The molecule has 1 aliphatic heterocycles. The van der Waals surface area contributed by atoms with Crippen molar-refractivity contribution in [2.24, 2.45) is 0 Å². The van der Waals surface area contributed by atoms with Crippen LogP contribution < -0.4 is 15.4 Å². The van der Waals surface area contributed by atoms with Crippen LogP contribution in [0.25, 0.3) is 0 Å². The molecule has 0 radical (unpaired) electrons. The molecule has 0 unspecified atom stereocenters. The SMILES string of the molecule is O=C(COC(=O)C[C@@H]1Oc2ccccc2NC1=O)NCCc1ccccc1F. The van der Waals surface area contributed by atoms with E-state index in [2.05, 4.69) is 10.6 Å². The van der Waals surface area contributed by atoms with Crippen molar-refractivity contribution in [3.8, 4) is 5.75 Å². The van der Waals surface area contributed by atoms with Gasteiger partial charge >= 0.3 is 5.97 Å². The predicted octanol–water partition coefficient (Wildman–Crippen LogP) is 1.82. The molecule has 0 aromatic heterocycles. The lowest BCUT2D eigenvalue weighted by Crippen LogP contribution is -2.39. The third-order valence-corrected chi connectivity index (χ3v) is 4.10. The van der Waals surface area contributed by atoms with Crippen molar-refractivity contribution in [2.45, 2.75) is 18.9 Å². The summed E-state index contributed by atoms with van der Waals surface area (Å²) in [7, 11) is 0. The molecule has 0 saturated heterocycles. The van der Waals surface area contributed by atoms with Crippen LogP contribution in [-0.4, -0.2) is 37.0 Å². The number of nitrogens with one attached hydrogen (secondary N) is 2. The van der Waals surface area contributed by atoms with Gasteiger partial charge in [0.2, 0.25) is 0 Å². The number of para-hydroxylation sites is 2. The van der Waals surface area contributed by atoms with Gasteiger partial charge in [-0.15, -0.1) is 0 Å². The van der Waals surface area contributed by atoms with E-state index in [4.69, 9.17) is 9.47 Å². The van der Waals surface area contributed by atoms with E-state index in [1.165, 1.54) is 6.07 Å². The minimum atomic E-state index is -1.02. The summed E-state index contributed by atoms with van der Waals surface area (Å²) in [6.07, 6.45) is -1.02. The van der Waals surface area contributed by atoms with E-state index >= 15 is 0 Å². The Morgan fingerprint density at radius 1 is 1.14 bits per heavy atom. The van der Waals surface area contributed by atoms with Gasteiger partial charge in [-0.25, -0.2) is 4.39 Å². The van der Waals surface area contributed by atoms with Crippen molar-refractivity contribution in [3.05, 3.63) is 59.9 Å². The van der Waals surface area contributed by atoms with E-state index < -0.39 is 30.5 Å².